The van der Waals surface area contributed by atoms with E-state index in [2.05, 4.69) is 17.1 Å². The maximum absolute atomic E-state index is 9.53. The lowest BCUT2D eigenvalue weighted by Crippen LogP contribution is -2.37. The summed E-state index contributed by atoms with van der Waals surface area (Å²) in [5, 5.41) is 10.1. The number of nitrogens with two attached hydrogens (primary N) is 1. The van der Waals surface area contributed by atoms with Crippen molar-refractivity contribution in [2.75, 3.05) is 12.3 Å². The van der Waals surface area contributed by atoms with Gasteiger partial charge in [0.05, 0.1) is 16.8 Å². The van der Waals surface area contributed by atoms with E-state index in [-0.39, 0.29) is 12.0 Å². The zero-order chi connectivity index (χ0) is 11.2. The third-order valence-electron chi connectivity index (χ3n) is 3.63. The van der Waals surface area contributed by atoms with Gasteiger partial charge in [-0.3, -0.25) is 0 Å². The van der Waals surface area contributed by atoms with Crippen LogP contribution in [0.1, 0.15) is 24.8 Å². The highest BCUT2D eigenvalue weighted by Crippen LogP contribution is 2.44. The van der Waals surface area contributed by atoms with Gasteiger partial charge in [-0.2, -0.15) is 0 Å². The first-order valence-corrected chi connectivity index (χ1v) is 6.33. The Hall–Kier alpha value is -1.13. The number of thiazole rings is 1. The Balaban J connectivity index is 2.10. The number of hydrogen-bond donors (Lipinski definition) is 2. The minimum absolute atomic E-state index is 0.00689. The van der Waals surface area contributed by atoms with Crippen LogP contribution >= 0.6 is 11.3 Å². The van der Waals surface area contributed by atoms with Crippen molar-refractivity contribution in [3.8, 4) is 0 Å². The van der Waals surface area contributed by atoms with Gasteiger partial charge in [0.25, 0.3) is 0 Å². The number of benzene rings is 1. The number of aliphatic hydroxyl groups is 1. The van der Waals surface area contributed by atoms with Gasteiger partial charge in [0, 0.05) is 5.41 Å². The maximum atomic E-state index is 9.53. The molecule has 3 N–H and O–H groups in total. The fraction of sp³-hybridized carbons (Fsp3) is 0.417. The average molecular weight is 234 g/mol. The molecule has 0 spiro atoms. The molecule has 0 bridgehead atoms. The average Bonchev–Trinajstić information content (AvgIpc) is 2.56. The molecule has 3 nitrogen and oxygen atoms in total. The lowest BCUT2D eigenvalue weighted by molar-refractivity contribution is 0.120. The van der Waals surface area contributed by atoms with Crippen molar-refractivity contribution in [3.63, 3.8) is 0 Å². The summed E-state index contributed by atoms with van der Waals surface area (Å²) in [6.45, 7) is 0.243. The molecule has 4 heteroatoms. The first-order valence-electron chi connectivity index (χ1n) is 5.51. The minimum Gasteiger partial charge on any atom is -0.395 e. The molecule has 0 amide bonds. The molecule has 1 aliphatic carbocycles. The summed E-state index contributed by atoms with van der Waals surface area (Å²) in [6.07, 6.45) is 3.38. The van der Waals surface area contributed by atoms with Crippen LogP contribution in [0.4, 0.5) is 5.13 Å². The van der Waals surface area contributed by atoms with Gasteiger partial charge >= 0.3 is 0 Å². The van der Waals surface area contributed by atoms with Crippen LogP contribution in [0.25, 0.3) is 10.2 Å². The first kappa shape index (κ1) is 10.1. The molecule has 1 aliphatic rings. The van der Waals surface area contributed by atoms with Gasteiger partial charge in [-0.25, -0.2) is 4.98 Å². The van der Waals surface area contributed by atoms with E-state index < -0.39 is 0 Å². The molecule has 0 atom stereocenters. The van der Waals surface area contributed by atoms with Gasteiger partial charge in [0.2, 0.25) is 0 Å². The van der Waals surface area contributed by atoms with E-state index in [1.54, 1.807) is 0 Å². The first-order chi connectivity index (χ1) is 7.73. The Morgan fingerprint density at radius 2 is 2.25 bits per heavy atom. The summed E-state index contributed by atoms with van der Waals surface area (Å²) in [7, 11) is 0. The zero-order valence-corrected chi connectivity index (χ0v) is 9.76. The normalized spacial score (nSPS) is 18.6. The van der Waals surface area contributed by atoms with Crippen molar-refractivity contribution in [2.45, 2.75) is 24.7 Å². The number of aromatic nitrogens is 1. The van der Waals surface area contributed by atoms with Crippen LogP contribution in [-0.4, -0.2) is 16.7 Å². The second-order valence-electron chi connectivity index (χ2n) is 4.53. The van der Waals surface area contributed by atoms with E-state index in [1.807, 2.05) is 6.07 Å². The van der Waals surface area contributed by atoms with Gasteiger partial charge in [-0.1, -0.05) is 23.8 Å². The lowest BCUT2D eigenvalue weighted by Gasteiger charge is -2.40. The Morgan fingerprint density at radius 1 is 1.44 bits per heavy atom. The molecule has 1 fully saturated rings. The molecule has 3 rings (SSSR count). The molecule has 0 radical (unpaired) electrons. The van der Waals surface area contributed by atoms with Gasteiger partial charge in [0.1, 0.15) is 0 Å². The number of nitrogen functional groups attached to an aromatic ring is 1. The molecule has 84 valence electrons. The molecule has 1 saturated carbocycles. The van der Waals surface area contributed by atoms with E-state index in [0.717, 1.165) is 23.1 Å². The van der Waals surface area contributed by atoms with E-state index in [9.17, 15) is 5.11 Å². The summed E-state index contributed by atoms with van der Waals surface area (Å²) in [5.41, 5.74) is 7.88. The molecule has 1 heterocycles. The van der Waals surface area contributed by atoms with Crippen LogP contribution in [0.15, 0.2) is 18.2 Å². The van der Waals surface area contributed by atoms with Crippen LogP contribution < -0.4 is 5.73 Å². The third kappa shape index (κ3) is 1.33. The standard InChI is InChI=1S/C12H14N2OS/c13-11-14-9-3-2-8(6-10(9)16-11)12(7-15)4-1-5-12/h2-3,6,15H,1,4-5,7H2,(H2,13,14). The molecular weight excluding hydrogens is 220 g/mol. The number of anilines is 1. The van der Waals surface area contributed by atoms with Gasteiger partial charge in [0.15, 0.2) is 5.13 Å². The highest BCUT2D eigenvalue weighted by Gasteiger charge is 2.38. The second kappa shape index (κ2) is 3.43. The van der Waals surface area contributed by atoms with Gasteiger partial charge in [-0.05, 0) is 30.5 Å². The highest BCUT2D eigenvalue weighted by molar-refractivity contribution is 7.22. The van der Waals surface area contributed by atoms with Crippen LogP contribution in [0.3, 0.4) is 0 Å². The number of fused-ring (bicyclic) bond motifs is 1. The molecule has 0 unspecified atom stereocenters. The summed E-state index contributed by atoms with van der Waals surface area (Å²) in [4.78, 5) is 4.24. The van der Waals surface area contributed by atoms with Crippen molar-refractivity contribution in [3.05, 3.63) is 23.8 Å². The van der Waals surface area contributed by atoms with E-state index in [4.69, 9.17) is 5.73 Å². The van der Waals surface area contributed by atoms with Crippen molar-refractivity contribution in [1.29, 1.82) is 0 Å². The minimum atomic E-state index is 0.00689. The summed E-state index contributed by atoms with van der Waals surface area (Å²) in [5.74, 6) is 0. The topological polar surface area (TPSA) is 59.1 Å². The second-order valence-corrected chi connectivity index (χ2v) is 5.59. The Morgan fingerprint density at radius 3 is 2.88 bits per heavy atom. The van der Waals surface area contributed by atoms with Crippen molar-refractivity contribution >= 4 is 26.7 Å². The maximum Gasteiger partial charge on any atom is 0.181 e. The van der Waals surface area contributed by atoms with Crippen LogP contribution in [-0.2, 0) is 5.41 Å². The van der Waals surface area contributed by atoms with Gasteiger partial charge < -0.3 is 10.8 Å². The quantitative estimate of drug-likeness (QED) is 0.838. The molecular formula is C12H14N2OS. The zero-order valence-electron chi connectivity index (χ0n) is 8.94. The molecule has 0 saturated heterocycles. The van der Waals surface area contributed by atoms with Crippen LogP contribution in [0.5, 0.6) is 0 Å². The van der Waals surface area contributed by atoms with E-state index in [0.29, 0.717) is 5.13 Å². The third-order valence-corrected chi connectivity index (χ3v) is 4.48. The largest absolute Gasteiger partial charge is 0.395 e. The van der Waals surface area contributed by atoms with Crippen molar-refractivity contribution in [1.82, 2.24) is 4.98 Å². The molecule has 0 aliphatic heterocycles. The van der Waals surface area contributed by atoms with Crippen molar-refractivity contribution < 1.29 is 5.11 Å². The number of rotatable bonds is 2. The summed E-state index contributed by atoms with van der Waals surface area (Å²) >= 11 is 1.51. The molecule has 1 aromatic heterocycles. The van der Waals surface area contributed by atoms with E-state index in [1.165, 1.54) is 23.3 Å². The number of aliphatic hydroxyl groups excluding tert-OH is 1. The predicted octanol–water partition coefficient (Wildman–Crippen LogP) is 2.29. The highest BCUT2D eigenvalue weighted by atomic mass is 32.1. The lowest BCUT2D eigenvalue weighted by atomic mass is 9.65. The molecule has 16 heavy (non-hydrogen) atoms. The molecule has 1 aromatic carbocycles. The molecule has 2 aromatic rings. The monoisotopic (exact) mass is 234 g/mol. The summed E-state index contributed by atoms with van der Waals surface area (Å²) in [6, 6.07) is 6.23. The number of hydrogen-bond acceptors (Lipinski definition) is 4. The fourth-order valence-electron chi connectivity index (χ4n) is 2.41. The Labute approximate surface area is 97.9 Å². The Kier molecular flexibility index (Phi) is 2.16. The van der Waals surface area contributed by atoms with E-state index >= 15 is 0 Å². The fourth-order valence-corrected chi connectivity index (χ4v) is 3.19. The predicted molar refractivity (Wildman–Crippen MR) is 66.6 cm³/mol. The smallest absolute Gasteiger partial charge is 0.181 e. The number of nitrogens with zero attached hydrogens (tertiary/aromatic N) is 1. The van der Waals surface area contributed by atoms with Crippen LogP contribution in [0.2, 0.25) is 0 Å². The van der Waals surface area contributed by atoms with Crippen molar-refractivity contribution in [2.24, 2.45) is 0 Å². The van der Waals surface area contributed by atoms with Crippen LogP contribution in [0, 0.1) is 0 Å². The summed E-state index contributed by atoms with van der Waals surface area (Å²) < 4.78 is 1.12. The SMILES string of the molecule is Nc1nc2ccc(C3(CO)CCC3)cc2s1. The van der Waals surface area contributed by atoms with Gasteiger partial charge in [-0.15, -0.1) is 0 Å². The Bertz CT molecular complexity index is 525.